The predicted molar refractivity (Wildman–Crippen MR) is 77.0 cm³/mol. The topological polar surface area (TPSA) is 104 Å². The third kappa shape index (κ3) is 2.99. The molecule has 0 aliphatic heterocycles. The number of aromatic nitrogens is 2. The summed E-state index contributed by atoms with van der Waals surface area (Å²) < 4.78 is 0. The molecule has 0 radical (unpaired) electrons. The maximum Gasteiger partial charge on any atom is 0.305 e. The summed E-state index contributed by atoms with van der Waals surface area (Å²) in [4.78, 5) is 31.4. The van der Waals surface area contributed by atoms with Crippen molar-refractivity contribution in [3.8, 4) is 0 Å². The first-order chi connectivity index (χ1) is 10.0. The van der Waals surface area contributed by atoms with Gasteiger partial charge in [-0.1, -0.05) is 6.07 Å². The molecule has 0 bridgehead atoms. The molecule has 0 aliphatic carbocycles. The lowest BCUT2D eigenvalue weighted by Crippen LogP contribution is -2.27. The molecule has 8 heteroatoms. The number of H-pyrrole nitrogens is 1. The zero-order valence-electron chi connectivity index (χ0n) is 11.7. The average molecular weight is 289 g/mol. The first-order valence-electron chi connectivity index (χ1n) is 6.23. The second-order valence-electron chi connectivity index (χ2n) is 4.41. The molecule has 21 heavy (non-hydrogen) atoms. The number of hydrogen-bond donors (Lipinski definition) is 2. The van der Waals surface area contributed by atoms with Gasteiger partial charge in [0.1, 0.15) is 17.1 Å². The van der Waals surface area contributed by atoms with Gasteiger partial charge in [-0.2, -0.15) is 0 Å². The van der Waals surface area contributed by atoms with Crippen molar-refractivity contribution in [2.45, 2.75) is 6.54 Å². The average Bonchev–Trinajstić information content (AvgIpc) is 2.98. The van der Waals surface area contributed by atoms with Crippen LogP contribution in [0.5, 0.6) is 0 Å². The molecule has 0 saturated carbocycles. The number of carbonyl (C=O) groups is 1. The number of rotatable bonds is 5. The van der Waals surface area contributed by atoms with Crippen LogP contribution in [0.3, 0.4) is 0 Å². The molecular formula is C13H15N5O3. The lowest BCUT2D eigenvalue weighted by Gasteiger charge is -2.16. The van der Waals surface area contributed by atoms with Gasteiger partial charge in [0.15, 0.2) is 0 Å². The van der Waals surface area contributed by atoms with Gasteiger partial charge in [0.05, 0.1) is 11.5 Å². The zero-order chi connectivity index (χ0) is 15.4. The Morgan fingerprint density at radius 2 is 2.29 bits per heavy atom. The minimum Gasteiger partial charge on any atom is -0.383 e. The Hall–Kier alpha value is -2.90. The Labute approximate surface area is 121 Å². The summed E-state index contributed by atoms with van der Waals surface area (Å²) in [6.07, 6.45) is 3.23. The number of benzene rings is 1. The highest BCUT2D eigenvalue weighted by molar-refractivity contribution is 6.00. The Kier molecular flexibility index (Phi) is 4.17. The molecule has 2 N–H and O–H groups in total. The third-order valence-corrected chi connectivity index (χ3v) is 3.01. The molecule has 0 aliphatic rings. The van der Waals surface area contributed by atoms with E-state index < -0.39 is 10.8 Å². The van der Waals surface area contributed by atoms with E-state index in [-0.39, 0.29) is 17.8 Å². The third-order valence-electron chi connectivity index (χ3n) is 3.01. The van der Waals surface area contributed by atoms with Crippen LogP contribution in [-0.2, 0) is 6.54 Å². The summed E-state index contributed by atoms with van der Waals surface area (Å²) in [5.74, 6) is 0.175. The Balaban J connectivity index is 2.32. The lowest BCUT2D eigenvalue weighted by molar-refractivity contribution is -0.384. The lowest BCUT2D eigenvalue weighted by atomic mass is 10.1. The van der Waals surface area contributed by atoms with E-state index >= 15 is 0 Å². The van der Waals surface area contributed by atoms with Gasteiger partial charge in [0, 0.05) is 26.5 Å². The number of nitrogens with zero attached hydrogens (tertiary/aromatic N) is 3. The highest BCUT2D eigenvalue weighted by Gasteiger charge is 2.26. The van der Waals surface area contributed by atoms with Crippen molar-refractivity contribution >= 4 is 17.3 Å². The SMILES string of the molecule is CNc1cccc(C(=O)N(C)Cc2ncc[nH]2)c1[N+](=O)[O-]. The minimum atomic E-state index is -0.556. The van der Waals surface area contributed by atoms with E-state index in [0.29, 0.717) is 11.5 Å². The van der Waals surface area contributed by atoms with E-state index in [1.54, 1.807) is 38.6 Å². The summed E-state index contributed by atoms with van der Waals surface area (Å²) in [5.41, 5.74) is 0.120. The number of para-hydroxylation sites is 1. The molecule has 2 rings (SSSR count). The molecule has 0 unspecified atom stereocenters. The summed E-state index contributed by atoms with van der Waals surface area (Å²) >= 11 is 0. The Morgan fingerprint density at radius 1 is 1.52 bits per heavy atom. The van der Waals surface area contributed by atoms with Crippen molar-refractivity contribution in [2.24, 2.45) is 0 Å². The summed E-state index contributed by atoms with van der Waals surface area (Å²) in [7, 11) is 3.14. The van der Waals surface area contributed by atoms with E-state index in [9.17, 15) is 14.9 Å². The molecular weight excluding hydrogens is 274 g/mol. The number of aromatic amines is 1. The fourth-order valence-corrected chi connectivity index (χ4v) is 2.00. The number of carbonyl (C=O) groups excluding carboxylic acids is 1. The van der Waals surface area contributed by atoms with E-state index in [2.05, 4.69) is 15.3 Å². The first kappa shape index (κ1) is 14.5. The van der Waals surface area contributed by atoms with Gasteiger partial charge in [-0.05, 0) is 12.1 Å². The molecule has 110 valence electrons. The van der Waals surface area contributed by atoms with Crippen molar-refractivity contribution in [3.63, 3.8) is 0 Å². The van der Waals surface area contributed by atoms with Crippen LogP contribution in [0.15, 0.2) is 30.6 Å². The first-order valence-corrected chi connectivity index (χ1v) is 6.23. The predicted octanol–water partition coefficient (Wildman–Crippen LogP) is 1.63. The van der Waals surface area contributed by atoms with E-state index in [4.69, 9.17) is 0 Å². The van der Waals surface area contributed by atoms with Gasteiger partial charge in [-0.25, -0.2) is 4.98 Å². The summed E-state index contributed by atoms with van der Waals surface area (Å²) in [6.45, 7) is 0.243. The number of nitro groups is 1. The monoisotopic (exact) mass is 289 g/mol. The highest BCUT2D eigenvalue weighted by Crippen LogP contribution is 2.29. The largest absolute Gasteiger partial charge is 0.383 e. The van der Waals surface area contributed by atoms with Crippen LogP contribution in [-0.4, -0.2) is 39.8 Å². The van der Waals surface area contributed by atoms with Crippen molar-refractivity contribution < 1.29 is 9.72 Å². The van der Waals surface area contributed by atoms with Crippen LogP contribution in [0.25, 0.3) is 0 Å². The van der Waals surface area contributed by atoms with Gasteiger partial charge >= 0.3 is 5.69 Å². The number of imidazole rings is 1. The minimum absolute atomic E-state index is 0.0425. The normalized spacial score (nSPS) is 10.2. The second-order valence-corrected chi connectivity index (χ2v) is 4.41. The maximum atomic E-state index is 12.4. The van der Waals surface area contributed by atoms with Crippen molar-refractivity contribution in [1.82, 2.24) is 14.9 Å². The summed E-state index contributed by atoms with van der Waals surface area (Å²) in [6, 6.07) is 4.61. The van der Waals surface area contributed by atoms with Gasteiger partial charge in [-0.3, -0.25) is 14.9 Å². The molecule has 1 aromatic carbocycles. The molecule has 0 saturated heterocycles. The van der Waals surface area contributed by atoms with Gasteiger partial charge in [0.2, 0.25) is 0 Å². The Bertz CT molecular complexity index is 654. The molecule has 0 fully saturated rings. The molecule has 1 heterocycles. The number of amides is 1. The molecule has 0 atom stereocenters. The van der Waals surface area contributed by atoms with Gasteiger partial charge < -0.3 is 15.2 Å². The second kappa shape index (κ2) is 6.04. The van der Waals surface area contributed by atoms with Crippen LogP contribution in [0.2, 0.25) is 0 Å². The van der Waals surface area contributed by atoms with Crippen molar-refractivity contribution in [2.75, 3.05) is 19.4 Å². The molecule has 1 aromatic heterocycles. The van der Waals surface area contributed by atoms with Crippen LogP contribution >= 0.6 is 0 Å². The molecule has 8 nitrogen and oxygen atoms in total. The van der Waals surface area contributed by atoms with E-state index in [1.165, 1.54) is 11.0 Å². The van der Waals surface area contributed by atoms with Crippen LogP contribution in [0.4, 0.5) is 11.4 Å². The fourth-order valence-electron chi connectivity index (χ4n) is 2.00. The van der Waals surface area contributed by atoms with Crippen molar-refractivity contribution in [1.29, 1.82) is 0 Å². The van der Waals surface area contributed by atoms with Gasteiger partial charge in [0.25, 0.3) is 5.91 Å². The smallest absolute Gasteiger partial charge is 0.305 e. The number of anilines is 1. The summed E-state index contributed by atoms with van der Waals surface area (Å²) in [5, 5.41) is 13.9. The fraction of sp³-hybridized carbons (Fsp3) is 0.231. The quantitative estimate of drug-likeness (QED) is 0.643. The molecule has 2 aromatic rings. The number of nitro benzene ring substituents is 1. The van der Waals surface area contributed by atoms with Crippen molar-refractivity contribution in [3.05, 3.63) is 52.1 Å². The van der Waals surface area contributed by atoms with Crippen LogP contribution < -0.4 is 5.32 Å². The van der Waals surface area contributed by atoms with E-state index in [1.807, 2.05) is 0 Å². The standard InChI is InChI=1S/C13H15N5O3/c1-14-10-5-3-4-9(12(10)18(20)21)13(19)17(2)8-11-15-6-7-16-11/h3-7,14H,8H2,1-2H3,(H,15,16). The van der Waals surface area contributed by atoms with Crippen LogP contribution in [0, 0.1) is 10.1 Å². The number of nitrogens with one attached hydrogen (secondary N) is 2. The molecule has 0 spiro atoms. The zero-order valence-corrected chi connectivity index (χ0v) is 11.7. The van der Waals surface area contributed by atoms with Gasteiger partial charge in [-0.15, -0.1) is 0 Å². The highest BCUT2D eigenvalue weighted by atomic mass is 16.6. The number of hydrogen-bond acceptors (Lipinski definition) is 5. The Morgan fingerprint density at radius 3 is 2.86 bits per heavy atom. The maximum absolute atomic E-state index is 12.4. The van der Waals surface area contributed by atoms with Crippen LogP contribution in [0.1, 0.15) is 16.2 Å². The molecule has 1 amide bonds. The van der Waals surface area contributed by atoms with E-state index in [0.717, 1.165) is 0 Å².